The van der Waals surface area contributed by atoms with Crippen molar-refractivity contribution in [2.24, 2.45) is 0 Å². The number of benzene rings is 1. The second-order valence-electron chi connectivity index (χ2n) is 4.66. The Balaban J connectivity index is 1.62. The van der Waals surface area contributed by atoms with Crippen LogP contribution in [0.3, 0.4) is 0 Å². The second kappa shape index (κ2) is 6.25. The number of aromatic nitrogens is 2. The third kappa shape index (κ3) is 3.50. The van der Waals surface area contributed by atoms with Crippen LogP contribution in [0.2, 0.25) is 10.0 Å². The summed E-state index contributed by atoms with van der Waals surface area (Å²) in [5.41, 5.74) is 2.15. The molecular weight excluding hydrogens is 323 g/mol. The molecule has 2 aromatic heterocycles. The first kappa shape index (κ1) is 14.7. The molecule has 5 nitrogen and oxygen atoms in total. The number of hydrogen-bond donors (Lipinski definition) is 2. The van der Waals surface area contributed by atoms with E-state index in [-0.39, 0.29) is 6.03 Å². The van der Waals surface area contributed by atoms with Gasteiger partial charge in [0.15, 0.2) is 0 Å². The maximum Gasteiger partial charge on any atom is 0.319 e. The Hall–Kier alpha value is -2.24. The normalized spacial score (nSPS) is 10.6. The molecule has 0 spiro atoms. The molecule has 0 aliphatic rings. The quantitative estimate of drug-likeness (QED) is 0.761. The number of hydrogen-bond acceptors (Lipinski definition) is 2. The first-order chi connectivity index (χ1) is 10.6. The molecule has 0 radical (unpaired) electrons. The number of nitrogens with one attached hydrogen (secondary N) is 2. The summed E-state index contributed by atoms with van der Waals surface area (Å²) in [6.07, 6.45) is 3.58. The number of carbonyl (C=O) groups is 1. The molecule has 0 atom stereocenters. The van der Waals surface area contributed by atoms with Gasteiger partial charge in [-0.05, 0) is 30.3 Å². The van der Waals surface area contributed by atoms with E-state index in [4.69, 9.17) is 23.2 Å². The van der Waals surface area contributed by atoms with Gasteiger partial charge in [-0.15, -0.1) is 0 Å². The first-order valence-electron chi connectivity index (χ1n) is 6.54. The van der Waals surface area contributed by atoms with E-state index in [1.54, 1.807) is 36.5 Å². The van der Waals surface area contributed by atoms with E-state index in [1.807, 2.05) is 16.7 Å². The SMILES string of the molecule is O=C(NCc1cn2cc(Cl)ccc2n1)Nc1cccc(Cl)c1. The molecule has 112 valence electrons. The Morgan fingerprint density at radius 2 is 2.00 bits per heavy atom. The van der Waals surface area contributed by atoms with Crippen LogP contribution in [0, 0.1) is 0 Å². The molecule has 3 rings (SSSR count). The molecule has 7 heteroatoms. The third-order valence-corrected chi connectivity index (χ3v) is 3.44. The molecule has 0 saturated carbocycles. The summed E-state index contributed by atoms with van der Waals surface area (Å²) in [6, 6.07) is 10.2. The van der Waals surface area contributed by atoms with Crippen LogP contribution in [-0.2, 0) is 6.54 Å². The van der Waals surface area contributed by atoms with Gasteiger partial charge in [-0.2, -0.15) is 0 Å². The van der Waals surface area contributed by atoms with Gasteiger partial charge in [0.25, 0.3) is 0 Å². The lowest BCUT2D eigenvalue weighted by Crippen LogP contribution is -2.28. The summed E-state index contributed by atoms with van der Waals surface area (Å²) in [7, 11) is 0. The zero-order valence-corrected chi connectivity index (χ0v) is 12.9. The molecule has 0 aliphatic carbocycles. The highest BCUT2D eigenvalue weighted by Gasteiger charge is 2.05. The number of amides is 2. The van der Waals surface area contributed by atoms with E-state index >= 15 is 0 Å². The molecule has 2 N–H and O–H groups in total. The van der Waals surface area contributed by atoms with Crippen molar-refractivity contribution in [1.82, 2.24) is 14.7 Å². The number of pyridine rings is 1. The highest BCUT2D eigenvalue weighted by atomic mass is 35.5. The Labute approximate surface area is 136 Å². The summed E-state index contributed by atoms with van der Waals surface area (Å²) < 4.78 is 1.81. The fourth-order valence-corrected chi connectivity index (χ4v) is 2.37. The van der Waals surface area contributed by atoms with E-state index in [0.717, 1.165) is 11.3 Å². The molecule has 0 fully saturated rings. The van der Waals surface area contributed by atoms with Crippen molar-refractivity contribution < 1.29 is 4.79 Å². The van der Waals surface area contributed by atoms with Crippen molar-refractivity contribution in [3.8, 4) is 0 Å². The van der Waals surface area contributed by atoms with E-state index in [2.05, 4.69) is 15.6 Å². The van der Waals surface area contributed by atoms with Crippen molar-refractivity contribution in [2.45, 2.75) is 6.54 Å². The van der Waals surface area contributed by atoms with Crippen molar-refractivity contribution in [3.05, 3.63) is 64.5 Å². The summed E-state index contributed by atoms with van der Waals surface area (Å²) in [4.78, 5) is 16.2. The largest absolute Gasteiger partial charge is 0.332 e. The van der Waals surface area contributed by atoms with Crippen LogP contribution in [-0.4, -0.2) is 15.4 Å². The van der Waals surface area contributed by atoms with Gasteiger partial charge >= 0.3 is 6.03 Å². The fourth-order valence-electron chi connectivity index (χ4n) is 2.01. The van der Waals surface area contributed by atoms with Crippen LogP contribution in [0.15, 0.2) is 48.8 Å². The maximum absolute atomic E-state index is 11.8. The van der Waals surface area contributed by atoms with Gasteiger partial charge in [0.1, 0.15) is 5.65 Å². The average Bonchev–Trinajstić information content (AvgIpc) is 2.87. The van der Waals surface area contributed by atoms with Crippen LogP contribution >= 0.6 is 23.2 Å². The van der Waals surface area contributed by atoms with Gasteiger partial charge < -0.3 is 15.0 Å². The van der Waals surface area contributed by atoms with Gasteiger partial charge in [0.2, 0.25) is 0 Å². The average molecular weight is 335 g/mol. The van der Waals surface area contributed by atoms with Crippen molar-refractivity contribution in [2.75, 3.05) is 5.32 Å². The number of imidazole rings is 1. The first-order valence-corrected chi connectivity index (χ1v) is 7.29. The fraction of sp³-hybridized carbons (Fsp3) is 0.0667. The molecule has 22 heavy (non-hydrogen) atoms. The topological polar surface area (TPSA) is 58.4 Å². The summed E-state index contributed by atoms with van der Waals surface area (Å²) in [5, 5.41) is 6.64. The van der Waals surface area contributed by atoms with Crippen LogP contribution in [0.25, 0.3) is 5.65 Å². The number of fused-ring (bicyclic) bond motifs is 1. The smallest absolute Gasteiger partial charge is 0.319 e. The molecule has 0 aliphatic heterocycles. The minimum atomic E-state index is -0.322. The molecule has 2 amide bonds. The lowest BCUT2D eigenvalue weighted by Gasteiger charge is -2.06. The highest BCUT2D eigenvalue weighted by molar-refractivity contribution is 6.31. The van der Waals surface area contributed by atoms with Crippen LogP contribution in [0.1, 0.15) is 5.69 Å². The highest BCUT2D eigenvalue weighted by Crippen LogP contribution is 2.15. The minimum Gasteiger partial charge on any atom is -0.332 e. The number of rotatable bonds is 3. The molecular formula is C15H12Cl2N4O. The van der Waals surface area contributed by atoms with Crippen LogP contribution in [0.5, 0.6) is 0 Å². The maximum atomic E-state index is 11.8. The standard InChI is InChI=1S/C15H12Cl2N4O/c16-10-2-1-3-12(6-10)20-15(22)18-7-13-9-21-8-11(17)4-5-14(21)19-13/h1-6,8-9H,7H2,(H2,18,20,22). The number of urea groups is 1. The van der Waals surface area contributed by atoms with Gasteiger partial charge in [-0.3, -0.25) is 0 Å². The zero-order chi connectivity index (χ0) is 15.5. The van der Waals surface area contributed by atoms with E-state index in [1.165, 1.54) is 0 Å². The lowest BCUT2D eigenvalue weighted by molar-refractivity contribution is 0.251. The van der Waals surface area contributed by atoms with Gasteiger partial charge in [-0.1, -0.05) is 29.3 Å². The molecule has 0 unspecified atom stereocenters. The summed E-state index contributed by atoms with van der Waals surface area (Å²) >= 11 is 11.8. The summed E-state index contributed by atoms with van der Waals surface area (Å²) in [6.45, 7) is 0.311. The van der Waals surface area contributed by atoms with Gasteiger partial charge in [0, 0.05) is 23.1 Å². The van der Waals surface area contributed by atoms with E-state index in [9.17, 15) is 4.79 Å². The Bertz CT molecular complexity index is 831. The van der Waals surface area contributed by atoms with Crippen molar-refractivity contribution >= 4 is 40.6 Å². The van der Waals surface area contributed by atoms with Crippen molar-refractivity contribution in [3.63, 3.8) is 0 Å². The lowest BCUT2D eigenvalue weighted by atomic mass is 10.3. The summed E-state index contributed by atoms with van der Waals surface area (Å²) in [5.74, 6) is 0. The number of carbonyl (C=O) groups excluding carboxylic acids is 1. The van der Waals surface area contributed by atoms with Gasteiger partial charge in [-0.25, -0.2) is 9.78 Å². The number of anilines is 1. The monoisotopic (exact) mass is 334 g/mol. The Morgan fingerprint density at radius 1 is 1.14 bits per heavy atom. The van der Waals surface area contributed by atoms with Crippen LogP contribution in [0.4, 0.5) is 10.5 Å². The Kier molecular flexibility index (Phi) is 4.18. The van der Waals surface area contributed by atoms with E-state index in [0.29, 0.717) is 22.3 Å². The third-order valence-electron chi connectivity index (χ3n) is 2.98. The minimum absolute atomic E-state index is 0.311. The van der Waals surface area contributed by atoms with Crippen molar-refractivity contribution in [1.29, 1.82) is 0 Å². The second-order valence-corrected chi connectivity index (χ2v) is 5.54. The van der Waals surface area contributed by atoms with E-state index < -0.39 is 0 Å². The molecule has 0 bridgehead atoms. The predicted molar refractivity (Wildman–Crippen MR) is 87.5 cm³/mol. The van der Waals surface area contributed by atoms with Crippen LogP contribution < -0.4 is 10.6 Å². The zero-order valence-electron chi connectivity index (χ0n) is 11.4. The molecule has 3 aromatic rings. The number of halogens is 2. The number of nitrogens with zero attached hydrogens (tertiary/aromatic N) is 2. The van der Waals surface area contributed by atoms with Gasteiger partial charge in [0.05, 0.1) is 17.3 Å². The predicted octanol–water partition coefficient (Wildman–Crippen LogP) is 3.96. The molecule has 2 heterocycles. The molecule has 0 saturated heterocycles. The molecule has 1 aromatic carbocycles. The Morgan fingerprint density at radius 3 is 2.82 bits per heavy atom.